The summed E-state index contributed by atoms with van der Waals surface area (Å²) in [5, 5.41) is 0. The van der Waals surface area contributed by atoms with Crippen LogP contribution in [0.4, 0.5) is 0 Å². The predicted molar refractivity (Wildman–Crippen MR) is 141 cm³/mol. The third kappa shape index (κ3) is 3.03. The Bertz CT molecular complexity index is 1220. The van der Waals surface area contributed by atoms with Gasteiger partial charge in [0.1, 0.15) is 11.9 Å². The van der Waals surface area contributed by atoms with Gasteiger partial charge in [-0.3, -0.25) is 19.2 Å². The molecule has 0 saturated heterocycles. The number of hydrogen-bond donors (Lipinski definition) is 0. The van der Waals surface area contributed by atoms with E-state index < -0.39 is 22.9 Å². The fraction of sp³-hybridized carbons (Fsp3) is 0.688. The topological polar surface area (TPSA) is 77.5 Å². The van der Waals surface area contributed by atoms with Gasteiger partial charge in [-0.25, -0.2) is 0 Å². The molecule has 37 heavy (non-hydrogen) atoms. The third-order valence-corrected chi connectivity index (χ3v) is 11.2. The van der Waals surface area contributed by atoms with E-state index >= 15 is 0 Å². The molecule has 5 aliphatic rings. The van der Waals surface area contributed by atoms with Crippen molar-refractivity contribution < 1.29 is 23.9 Å². The van der Waals surface area contributed by atoms with Gasteiger partial charge in [0.15, 0.2) is 11.6 Å². The predicted octanol–water partition coefficient (Wildman–Crippen LogP) is 5.97. The Labute approximate surface area is 221 Å². The number of rotatable bonds is 2. The third-order valence-electron chi connectivity index (χ3n) is 11.2. The summed E-state index contributed by atoms with van der Waals surface area (Å²) in [5.41, 5.74) is 4.78. The number of carbonyl (C=O) groups excluding carboxylic acids is 4. The lowest BCUT2D eigenvalue weighted by atomic mass is 9.51. The molecule has 3 saturated carbocycles. The number of ketones is 3. The highest BCUT2D eigenvalue weighted by atomic mass is 16.5. The van der Waals surface area contributed by atoms with Gasteiger partial charge in [0.25, 0.3) is 0 Å². The second-order valence-corrected chi connectivity index (χ2v) is 13.2. The Hall–Kier alpha value is -2.30. The standard InChI is InChI=1S/C32H42O5/c1-14(2)21-12-23-18(7)27-30(37-20(9)33)32(23,17(6)11-26(21)35)29-28(36)19(8)24-13-22(15(3)4)25(34)10-16(5)31(24,27)29/h14,16-17,21,27,29-30H,10-13H2,1-9H3. The van der Waals surface area contributed by atoms with Crippen LogP contribution in [0.3, 0.4) is 0 Å². The largest absolute Gasteiger partial charge is 0.461 e. The molecule has 5 nitrogen and oxygen atoms in total. The highest BCUT2D eigenvalue weighted by Crippen LogP contribution is 2.80. The molecular weight excluding hydrogens is 464 g/mol. The van der Waals surface area contributed by atoms with Crippen LogP contribution in [0.2, 0.25) is 0 Å². The summed E-state index contributed by atoms with van der Waals surface area (Å²) in [4.78, 5) is 54.1. The summed E-state index contributed by atoms with van der Waals surface area (Å²) in [6.07, 6.45) is 1.39. The molecule has 0 aromatic carbocycles. The molecule has 200 valence electrons. The number of hydrogen-bond acceptors (Lipinski definition) is 5. The van der Waals surface area contributed by atoms with E-state index in [-0.39, 0.29) is 52.9 Å². The van der Waals surface area contributed by atoms with Gasteiger partial charge in [-0.1, -0.05) is 50.0 Å². The lowest BCUT2D eigenvalue weighted by Crippen LogP contribution is -2.49. The minimum atomic E-state index is -0.716. The molecule has 0 N–H and O–H groups in total. The smallest absolute Gasteiger partial charge is 0.302 e. The van der Waals surface area contributed by atoms with Crippen LogP contribution in [-0.4, -0.2) is 29.4 Å². The molecule has 0 aromatic rings. The average Bonchev–Trinajstić information content (AvgIpc) is 3.18. The summed E-state index contributed by atoms with van der Waals surface area (Å²) < 4.78 is 6.28. The van der Waals surface area contributed by atoms with E-state index in [9.17, 15) is 19.2 Å². The SMILES string of the molecule is CC(=O)OC1C2C(C)=C3CC(C(C)C)C(=O)CC(C)C31C1C(=O)C(C)=C3CC(=C(C)C)C(=O)CC(C)C321. The van der Waals surface area contributed by atoms with Crippen LogP contribution >= 0.6 is 0 Å². The molecule has 0 aliphatic heterocycles. The van der Waals surface area contributed by atoms with Gasteiger partial charge in [0.05, 0.1) is 0 Å². The molecule has 2 bridgehead atoms. The van der Waals surface area contributed by atoms with Crippen molar-refractivity contribution in [2.75, 3.05) is 0 Å². The van der Waals surface area contributed by atoms with Crippen LogP contribution in [0, 0.1) is 46.3 Å². The summed E-state index contributed by atoms with van der Waals surface area (Å²) in [7, 11) is 0. The van der Waals surface area contributed by atoms with Gasteiger partial charge in [0.2, 0.25) is 0 Å². The van der Waals surface area contributed by atoms with E-state index in [0.717, 1.165) is 22.3 Å². The van der Waals surface area contributed by atoms with E-state index in [2.05, 4.69) is 34.6 Å². The first-order chi connectivity index (χ1) is 17.2. The Morgan fingerprint density at radius 1 is 0.919 bits per heavy atom. The number of Topliss-reactive ketones (excluding diaryl/α,β-unsaturated/α-hetero) is 3. The number of fused-ring (bicyclic) bond motifs is 1. The van der Waals surface area contributed by atoms with Crippen LogP contribution in [0.25, 0.3) is 0 Å². The second kappa shape index (κ2) is 8.35. The van der Waals surface area contributed by atoms with Crippen LogP contribution in [0.15, 0.2) is 33.4 Å². The normalized spacial score (nSPS) is 41.1. The van der Waals surface area contributed by atoms with Gasteiger partial charge in [-0.15, -0.1) is 0 Å². The summed E-state index contributed by atoms with van der Waals surface area (Å²) in [6, 6.07) is 0. The van der Waals surface area contributed by atoms with Gasteiger partial charge in [-0.05, 0) is 69.4 Å². The van der Waals surface area contributed by atoms with Gasteiger partial charge < -0.3 is 4.74 Å². The zero-order valence-electron chi connectivity index (χ0n) is 23.9. The first-order valence-corrected chi connectivity index (χ1v) is 14.1. The van der Waals surface area contributed by atoms with Crippen LogP contribution < -0.4 is 0 Å². The van der Waals surface area contributed by atoms with Gasteiger partial charge in [-0.2, -0.15) is 0 Å². The maximum absolute atomic E-state index is 14.5. The summed E-state index contributed by atoms with van der Waals surface area (Å²) in [6.45, 7) is 17.9. The lowest BCUT2D eigenvalue weighted by Gasteiger charge is -2.49. The highest BCUT2D eigenvalue weighted by molar-refractivity contribution is 6.06. The molecular formula is C32H42O5. The number of esters is 1. The van der Waals surface area contributed by atoms with E-state index in [1.54, 1.807) is 0 Å². The molecule has 8 atom stereocenters. The quantitative estimate of drug-likeness (QED) is 0.262. The molecule has 0 aromatic heterocycles. The Morgan fingerprint density at radius 2 is 1.54 bits per heavy atom. The van der Waals surface area contributed by atoms with Crippen molar-refractivity contribution in [1.29, 1.82) is 0 Å². The van der Waals surface area contributed by atoms with E-state index in [1.807, 2.05) is 20.8 Å². The number of carbonyl (C=O) groups is 4. The van der Waals surface area contributed by atoms with Crippen molar-refractivity contribution in [2.45, 2.75) is 94.1 Å². The maximum Gasteiger partial charge on any atom is 0.302 e. The minimum Gasteiger partial charge on any atom is -0.461 e. The van der Waals surface area contributed by atoms with Crippen molar-refractivity contribution in [3.63, 3.8) is 0 Å². The van der Waals surface area contributed by atoms with E-state index in [4.69, 9.17) is 4.74 Å². The van der Waals surface area contributed by atoms with Crippen molar-refractivity contribution in [2.24, 2.45) is 46.3 Å². The van der Waals surface area contributed by atoms with Crippen molar-refractivity contribution in [1.82, 2.24) is 0 Å². The molecule has 5 rings (SSSR count). The van der Waals surface area contributed by atoms with Crippen LogP contribution in [0.5, 0.6) is 0 Å². The number of allylic oxidation sites excluding steroid dienone is 4. The number of ether oxygens (including phenoxy) is 1. The first-order valence-electron chi connectivity index (χ1n) is 14.1. The lowest BCUT2D eigenvalue weighted by molar-refractivity contribution is -0.155. The van der Waals surface area contributed by atoms with Crippen LogP contribution in [-0.2, 0) is 23.9 Å². The zero-order valence-corrected chi connectivity index (χ0v) is 23.9. The fourth-order valence-electron chi connectivity index (χ4n) is 9.79. The Kier molecular flexibility index (Phi) is 5.94. The van der Waals surface area contributed by atoms with Crippen molar-refractivity contribution in [3.8, 4) is 0 Å². The minimum absolute atomic E-state index is 0.0794. The molecule has 8 unspecified atom stereocenters. The van der Waals surface area contributed by atoms with E-state index in [1.165, 1.54) is 18.1 Å². The van der Waals surface area contributed by atoms with Gasteiger partial charge in [0, 0.05) is 48.3 Å². The monoisotopic (exact) mass is 506 g/mol. The molecule has 5 heteroatoms. The fourth-order valence-corrected chi connectivity index (χ4v) is 9.79. The molecule has 0 radical (unpaired) electrons. The van der Waals surface area contributed by atoms with Crippen molar-refractivity contribution in [3.05, 3.63) is 33.4 Å². The summed E-state index contributed by atoms with van der Waals surface area (Å²) in [5.74, 6) is -0.491. The molecule has 3 fully saturated rings. The van der Waals surface area contributed by atoms with Gasteiger partial charge >= 0.3 is 5.97 Å². The first kappa shape index (κ1) is 26.3. The molecule has 0 heterocycles. The highest BCUT2D eigenvalue weighted by Gasteiger charge is 2.81. The van der Waals surface area contributed by atoms with Crippen molar-refractivity contribution >= 4 is 23.3 Å². The zero-order chi connectivity index (χ0) is 27.4. The van der Waals surface area contributed by atoms with Crippen LogP contribution in [0.1, 0.15) is 88.0 Å². The summed E-state index contributed by atoms with van der Waals surface area (Å²) >= 11 is 0. The molecule has 5 aliphatic carbocycles. The maximum atomic E-state index is 14.5. The average molecular weight is 507 g/mol. The second-order valence-electron chi connectivity index (χ2n) is 13.2. The Morgan fingerprint density at radius 3 is 2.11 bits per heavy atom. The van der Waals surface area contributed by atoms with E-state index in [0.29, 0.717) is 25.7 Å². The Balaban J connectivity index is 1.84. The molecule has 0 amide bonds. The molecule has 2 spiro atoms.